The first kappa shape index (κ1) is 20.6. The Hall–Kier alpha value is -3.10. The summed E-state index contributed by atoms with van der Waals surface area (Å²) in [4.78, 5) is 31.8. The second-order valence-corrected chi connectivity index (χ2v) is 8.24. The maximum Gasteiger partial charge on any atom is 0.266 e. The smallest absolute Gasteiger partial charge is 0.266 e. The standard InChI is InChI=1S/C21H21N3O4S/c25-20(18-10-5-2-6-11-18)15-24(21(26)19-12-7-13-22-14-19)23-29(27,28)16-17-8-3-1-4-9-17/h1-6,8-11,13-14,23H,7,12,15-16H2. The van der Waals surface area contributed by atoms with E-state index < -0.39 is 22.5 Å². The van der Waals surface area contributed by atoms with Gasteiger partial charge in [0.15, 0.2) is 5.78 Å². The van der Waals surface area contributed by atoms with Gasteiger partial charge in [0.1, 0.15) is 6.54 Å². The molecular formula is C21H21N3O4S. The van der Waals surface area contributed by atoms with Crippen LogP contribution in [0.2, 0.25) is 0 Å². The summed E-state index contributed by atoms with van der Waals surface area (Å²) in [5.74, 6) is -1.27. The average Bonchev–Trinajstić information content (AvgIpc) is 2.74. The summed E-state index contributed by atoms with van der Waals surface area (Å²) in [6, 6.07) is 17.0. The van der Waals surface area contributed by atoms with Gasteiger partial charge in [0.2, 0.25) is 10.0 Å². The summed E-state index contributed by atoms with van der Waals surface area (Å²) in [7, 11) is -3.91. The first-order valence-electron chi connectivity index (χ1n) is 9.09. The monoisotopic (exact) mass is 411 g/mol. The normalized spacial score (nSPS) is 13.6. The molecule has 8 heteroatoms. The third-order valence-electron chi connectivity index (χ3n) is 4.24. The maximum atomic E-state index is 12.9. The number of nitrogens with zero attached hydrogens (tertiary/aromatic N) is 2. The molecule has 0 atom stereocenters. The molecule has 1 amide bonds. The summed E-state index contributed by atoms with van der Waals surface area (Å²) in [5.41, 5.74) is 1.31. The van der Waals surface area contributed by atoms with E-state index in [4.69, 9.17) is 0 Å². The molecule has 150 valence electrons. The van der Waals surface area contributed by atoms with Crippen LogP contribution in [-0.4, -0.2) is 37.9 Å². The molecule has 3 rings (SSSR count). The number of amides is 1. The molecule has 0 radical (unpaired) electrons. The molecule has 0 aliphatic carbocycles. The molecule has 1 aliphatic heterocycles. The van der Waals surface area contributed by atoms with Crippen molar-refractivity contribution in [2.45, 2.75) is 18.6 Å². The van der Waals surface area contributed by atoms with Gasteiger partial charge in [-0.3, -0.25) is 19.6 Å². The fourth-order valence-corrected chi connectivity index (χ4v) is 4.01. The van der Waals surface area contributed by atoms with Crippen molar-refractivity contribution in [3.8, 4) is 0 Å². The summed E-state index contributed by atoms with van der Waals surface area (Å²) in [6.45, 7) is -0.419. The molecule has 2 aromatic rings. The Labute approximate surface area is 169 Å². The van der Waals surface area contributed by atoms with Crippen molar-refractivity contribution in [1.29, 1.82) is 0 Å². The summed E-state index contributed by atoms with van der Waals surface area (Å²) >= 11 is 0. The minimum Gasteiger partial charge on any atom is -0.292 e. The van der Waals surface area contributed by atoms with E-state index in [0.29, 0.717) is 29.5 Å². The van der Waals surface area contributed by atoms with Gasteiger partial charge in [0.05, 0.1) is 5.75 Å². The number of carbonyl (C=O) groups excluding carboxylic acids is 2. The summed E-state index contributed by atoms with van der Waals surface area (Å²) < 4.78 is 25.3. The number of benzene rings is 2. The zero-order chi connectivity index (χ0) is 20.7. The molecule has 1 N–H and O–H groups in total. The topological polar surface area (TPSA) is 95.9 Å². The lowest BCUT2D eigenvalue weighted by atomic mass is 10.1. The van der Waals surface area contributed by atoms with Crippen LogP contribution < -0.4 is 4.83 Å². The predicted octanol–water partition coefficient (Wildman–Crippen LogP) is 2.48. The van der Waals surface area contributed by atoms with Gasteiger partial charge in [-0.1, -0.05) is 60.7 Å². The molecule has 0 saturated carbocycles. The number of sulfonamides is 1. The number of rotatable bonds is 8. The van der Waals surface area contributed by atoms with E-state index in [9.17, 15) is 18.0 Å². The van der Waals surface area contributed by atoms with Gasteiger partial charge in [-0.15, -0.1) is 4.83 Å². The van der Waals surface area contributed by atoms with Gasteiger partial charge in [-0.05, 0) is 18.4 Å². The SMILES string of the molecule is O=C(CN(NS(=O)(=O)Cc1ccccc1)C(=O)C1=CN=CCC1)c1ccccc1. The number of hydrogen-bond acceptors (Lipinski definition) is 5. The minimum atomic E-state index is -3.91. The maximum absolute atomic E-state index is 12.9. The zero-order valence-electron chi connectivity index (χ0n) is 15.7. The Bertz CT molecular complexity index is 1030. The van der Waals surface area contributed by atoms with Crippen molar-refractivity contribution in [2.75, 3.05) is 6.54 Å². The van der Waals surface area contributed by atoms with Crippen LogP contribution in [0.25, 0.3) is 0 Å². The van der Waals surface area contributed by atoms with Crippen LogP contribution in [-0.2, 0) is 20.6 Å². The first-order valence-corrected chi connectivity index (χ1v) is 10.7. The van der Waals surface area contributed by atoms with Gasteiger partial charge in [0, 0.05) is 23.6 Å². The fourth-order valence-electron chi connectivity index (χ4n) is 2.84. The van der Waals surface area contributed by atoms with E-state index >= 15 is 0 Å². The number of ketones is 1. The second-order valence-electron chi connectivity index (χ2n) is 6.54. The lowest BCUT2D eigenvalue weighted by molar-refractivity contribution is -0.128. The quantitative estimate of drug-likeness (QED) is 0.533. The Morgan fingerprint density at radius 1 is 1.00 bits per heavy atom. The highest BCUT2D eigenvalue weighted by atomic mass is 32.2. The van der Waals surface area contributed by atoms with E-state index in [-0.39, 0.29) is 11.5 Å². The Morgan fingerprint density at radius 2 is 1.66 bits per heavy atom. The number of Topliss-reactive ketones (excluding diaryl/α,β-unsaturated/α-hetero) is 1. The minimum absolute atomic E-state index is 0.311. The Kier molecular flexibility index (Phi) is 6.69. The molecule has 0 bridgehead atoms. The molecule has 7 nitrogen and oxygen atoms in total. The zero-order valence-corrected chi connectivity index (χ0v) is 16.5. The van der Waals surface area contributed by atoms with Crippen LogP contribution in [0.5, 0.6) is 0 Å². The third-order valence-corrected chi connectivity index (χ3v) is 5.46. The molecule has 0 spiro atoms. The van der Waals surface area contributed by atoms with Crippen LogP contribution in [0.3, 0.4) is 0 Å². The number of hydrogen-bond donors (Lipinski definition) is 1. The Morgan fingerprint density at radius 3 is 2.28 bits per heavy atom. The van der Waals surface area contributed by atoms with Gasteiger partial charge < -0.3 is 0 Å². The van der Waals surface area contributed by atoms with Crippen LogP contribution in [0.4, 0.5) is 0 Å². The van der Waals surface area contributed by atoms with Gasteiger partial charge >= 0.3 is 0 Å². The lowest BCUT2D eigenvalue weighted by Gasteiger charge is -2.24. The molecule has 0 saturated heterocycles. The van der Waals surface area contributed by atoms with Crippen molar-refractivity contribution in [3.05, 3.63) is 83.6 Å². The van der Waals surface area contributed by atoms with Crippen molar-refractivity contribution < 1.29 is 18.0 Å². The number of hydrazine groups is 1. The molecule has 1 aliphatic rings. The van der Waals surface area contributed by atoms with Crippen LogP contribution >= 0.6 is 0 Å². The highest BCUT2D eigenvalue weighted by molar-refractivity contribution is 7.88. The van der Waals surface area contributed by atoms with E-state index in [1.165, 1.54) is 6.20 Å². The van der Waals surface area contributed by atoms with Crippen molar-refractivity contribution >= 4 is 27.9 Å². The lowest BCUT2D eigenvalue weighted by Crippen LogP contribution is -2.49. The molecule has 29 heavy (non-hydrogen) atoms. The van der Waals surface area contributed by atoms with Gasteiger partial charge in [-0.25, -0.2) is 8.42 Å². The third kappa shape index (κ3) is 5.94. The largest absolute Gasteiger partial charge is 0.292 e. The molecule has 0 unspecified atom stereocenters. The average molecular weight is 411 g/mol. The highest BCUT2D eigenvalue weighted by Gasteiger charge is 2.26. The first-order chi connectivity index (χ1) is 13.9. The van der Waals surface area contributed by atoms with Gasteiger partial charge in [-0.2, -0.15) is 0 Å². The van der Waals surface area contributed by atoms with Crippen molar-refractivity contribution in [3.63, 3.8) is 0 Å². The van der Waals surface area contributed by atoms with E-state index in [2.05, 4.69) is 9.82 Å². The number of nitrogens with one attached hydrogen (secondary N) is 1. The second kappa shape index (κ2) is 9.40. The van der Waals surface area contributed by atoms with E-state index in [1.54, 1.807) is 66.9 Å². The van der Waals surface area contributed by atoms with Crippen LogP contribution in [0.15, 0.2) is 77.4 Å². The van der Waals surface area contributed by atoms with Crippen molar-refractivity contribution in [2.24, 2.45) is 4.99 Å². The molecular weight excluding hydrogens is 390 g/mol. The van der Waals surface area contributed by atoms with Crippen LogP contribution in [0.1, 0.15) is 28.8 Å². The highest BCUT2D eigenvalue weighted by Crippen LogP contribution is 2.14. The fraction of sp³-hybridized carbons (Fsp3) is 0.190. The number of aliphatic imine (C=N–C) groups is 1. The molecule has 0 aromatic heterocycles. The summed E-state index contributed by atoms with van der Waals surface area (Å²) in [5, 5.41) is 0.861. The number of carbonyl (C=O) groups is 2. The van der Waals surface area contributed by atoms with E-state index in [1.807, 2.05) is 0 Å². The van der Waals surface area contributed by atoms with Gasteiger partial charge in [0.25, 0.3) is 5.91 Å². The Balaban J connectivity index is 1.81. The molecule has 1 heterocycles. The van der Waals surface area contributed by atoms with Crippen molar-refractivity contribution in [1.82, 2.24) is 9.84 Å². The summed E-state index contributed by atoms with van der Waals surface area (Å²) in [6.07, 6.45) is 4.08. The predicted molar refractivity (Wildman–Crippen MR) is 110 cm³/mol. The van der Waals surface area contributed by atoms with Crippen LogP contribution in [0, 0.1) is 0 Å². The van der Waals surface area contributed by atoms with E-state index in [0.717, 1.165) is 5.01 Å². The molecule has 0 fully saturated rings. The molecule has 2 aromatic carbocycles.